The van der Waals surface area contributed by atoms with Crippen molar-refractivity contribution in [2.75, 3.05) is 5.32 Å². The monoisotopic (exact) mass is 361 g/mol. The summed E-state index contributed by atoms with van der Waals surface area (Å²) in [4.78, 5) is 1.20. The molecular formula is C17H13BrFNS. The molecule has 0 aliphatic carbocycles. The molecule has 0 atom stereocenters. The largest absolute Gasteiger partial charge is 0.380 e. The quantitative estimate of drug-likeness (QED) is 0.607. The van der Waals surface area contributed by atoms with Gasteiger partial charge in [-0.05, 0) is 29.6 Å². The van der Waals surface area contributed by atoms with E-state index in [0.29, 0.717) is 12.1 Å². The van der Waals surface area contributed by atoms with E-state index in [-0.39, 0.29) is 5.82 Å². The smallest absolute Gasteiger partial charge is 0.129 e. The first-order valence-electron chi connectivity index (χ1n) is 6.55. The number of nitrogens with one attached hydrogen (secondary N) is 1. The van der Waals surface area contributed by atoms with E-state index >= 15 is 0 Å². The number of halogens is 2. The highest BCUT2D eigenvalue weighted by Crippen LogP contribution is 2.31. The highest BCUT2D eigenvalue weighted by molar-refractivity contribution is 9.10. The van der Waals surface area contributed by atoms with E-state index in [1.807, 2.05) is 30.3 Å². The highest BCUT2D eigenvalue weighted by Gasteiger charge is 2.07. The molecule has 3 rings (SSSR count). The first-order chi connectivity index (χ1) is 10.2. The van der Waals surface area contributed by atoms with Gasteiger partial charge in [-0.1, -0.05) is 46.3 Å². The lowest BCUT2D eigenvalue weighted by atomic mass is 10.1. The molecule has 0 radical (unpaired) electrons. The molecule has 1 N–H and O–H groups in total. The van der Waals surface area contributed by atoms with Crippen LogP contribution >= 0.6 is 27.3 Å². The molecule has 0 amide bonds. The number of rotatable bonds is 4. The van der Waals surface area contributed by atoms with Crippen LogP contribution in [0.4, 0.5) is 10.1 Å². The number of para-hydroxylation sites is 1. The zero-order valence-electron chi connectivity index (χ0n) is 11.1. The Labute approximate surface area is 135 Å². The van der Waals surface area contributed by atoms with Crippen LogP contribution in [0, 0.1) is 5.82 Å². The fourth-order valence-corrected chi connectivity index (χ4v) is 3.24. The number of hydrogen-bond donors (Lipinski definition) is 1. The summed E-state index contributed by atoms with van der Waals surface area (Å²) < 4.78 is 14.6. The standard InChI is InChI=1S/C17H13BrFNS/c18-13-8-7-12(15(19)10-13)11-20-16-5-2-1-4-14(16)17-6-3-9-21-17/h1-10,20H,11H2. The van der Waals surface area contributed by atoms with Gasteiger partial charge in [-0.25, -0.2) is 4.39 Å². The van der Waals surface area contributed by atoms with Gasteiger partial charge in [0.05, 0.1) is 0 Å². The molecule has 106 valence electrons. The summed E-state index contributed by atoms with van der Waals surface area (Å²) in [5.74, 6) is -0.203. The van der Waals surface area contributed by atoms with Crippen molar-refractivity contribution in [3.05, 3.63) is 75.8 Å². The van der Waals surface area contributed by atoms with Crippen molar-refractivity contribution in [2.24, 2.45) is 0 Å². The van der Waals surface area contributed by atoms with Crippen molar-refractivity contribution in [3.8, 4) is 10.4 Å². The van der Waals surface area contributed by atoms with Gasteiger partial charge in [0.2, 0.25) is 0 Å². The Hall–Kier alpha value is -1.65. The van der Waals surface area contributed by atoms with Crippen LogP contribution in [0.5, 0.6) is 0 Å². The van der Waals surface area contributed by atoms with Crippen LogP contribution in [-0.2, 0) is 6.54 Å². The van der Waals surface area contributed by atoms with Gasteiger partial charge in [0.15, 0.2) is 0 Å². The van der Waals surface area contributed by atoms with E-state index < -0.39 is 0 Å². The van der Waals surface area contributed by atoms with Gasteiger partial charge in [-0.2, -0.15) is 0 Å². The van der Waals surface area contributed by atoms with E-state index in [0.717, 1.165) is 15.7 Å². The normalized spacial score (nSPS) is 10.6. The van der Waals surface area contributed by atoms with E-state index in [1.54, 1.807) is 17.4 Å². The Morgan fingerprint density at radius 2 is 1.90 bits per heavy atom. The Bertz CT molecular complexity index is 740. The number of benzene rings is 2. The first-order valence-corrected chi connectivity index (χ1v) is 8.22. The second-order valence-electron chi connectivity index (χ2n) is 4.61. The summed E-state index contributed by atoms with van der Waals surface area (Å²) in [5.41, 5.74) is 2.81. The molecule has 0 unspecified atom stereocenters. The highest BCUT2D eigenvalue weighted by atomic mass is 79.9. The molecule has 1 nitrogen and oxygen atoms in total. The van der Waals surface area contributed by atoms with E-state index in [1.165, 1.54) is 10.9 Å². The molecule has 1 heterocycles. The van der Waals surface area contributed by atoms with Crippen molar-refractivity contribution in [2.45, 2.75) is 6.54 Å². The van der Waals surface area contributed by atoms with Gasteiger partial charge >= 0.3 is 0 Å². The lowest BCUT2D eigenvalue weighted by Crippen LogP contribution is -2.02. The third kappa shape index (κ3) is 3.34. The zero-order chi connectivity index (χ0) is 14.7. The average Bonchev–Trinajstić information content (AvgIpc) is 3.01. The summed E-state index contributed by atoms with van der Waals surface area (Å²) in [6.45, 7) is 0.460. The predicted molar refractivity (Wildman–Crippen MR) is 91.2 cm³/mol. The van der Waals surface area contributed by atoms with Gasteiger partial charge in [-0.15, -0.1) is 11.3 Å². The van der Waals surface area contributed by atoms with Gasteiger partial charge in [0.25, 0.3) is 0 Å². The molecule has 3 aromatic rings. The van der Waals surface area contributed by atoms with E-state index in [9.17, 15) is 4.39 Å². The summed E-state index contributed by atoms with van der Waals surface area (Å²) in [6, 6.07) is 17.3. The number of hydrogen-bond acceptors (Lipinski definition) is 2. The lowest BCUT2D eigenvalue weighted by Gasteiger charge is -2.11. The molecule has 0 aliphatic heterocycles. The average molecular weight is 362 g/mol. The molecule has 2 aromatic carbocycles. The second-order valence-corrected chi connectivity index (χ2v) is 6.48. The molecule has 21 heavy (non-hydrogen) atoms. The van der Waals surface area contributed by atoms with E-state index in [4.69, 9.17) is 0 Å². The van der Waals surface area contributed by atoms with Crippen molar-refractivity contribution < 1.29 is 4.39 Å². The minimum absolute atomic E-state index is 0.203. The Morgan fingerprint density at radius 3 is 2.67 bits per heavy atom. The van der Waals surface area contributed by atoms with Crippen LogP contribution in [0.2, 0.25) is 0 Å². The van der Waals surface area contributed by atoms with Crippen LogP contribution < -0.4 is 5.32 Å². The van der Waals surface area contributed by atoms with Gasteiger partial charge < -0.3 is 5.32 Å². The topological polar surface area (TPSA) is 12.0 Å². The zero-order valence-corrected chi connectivity index (χ0v) is 13.5. The van der Waals surface area contributed by atoms with Gasteiger partial charge in [0.1, 0.15) is 5.82 Å². The van der Waals surface area contributed by atoms with Gasteiger partial charge in [0, 0.05) is 32.7 Å². The van der Waals surface area contributed by atoms with Crippen LogP contribution in [0.1, 0.15) is 5.56 Å². The number of thiophene rings is 1. The van der Waals surface area contributed by atoms with Crippen molar-refractivity contribution >= 4 is 33.0 Å². The maximum atomic E-state index is 13.9. The van der Waals surface area contributed by atoms with Crippen molar-refractivity contribution in [1.29, 1.82) is 0 Å². The molecule has 0 bridgehead atoms. The summed E-state index contributed by atoms with van der Waals surface area (Å²) in [6.07, 6.45) is 0. The molecule has 0 saturated heterocycles. The van der Waals surface area contributed by atoms with Crippen molar-refractivity contribution in [1.82, 2.24) is 0 Å². The molecular weight excluding hydrogens is 349 g/mol. The Balaban J connectivity index is 1.83. The predicted octanol–water partition coefficient (Wildman–Crippen LogP) is 5.93. The van der Waals surface area contributed by atoms with Crippen LogP contribution in [0.3, 0.4) is 0 Å². The maximum Gasteiger partial charge on any atom is 0.129 e. The molecule has 0 fully saturated rings. The maximum absolute atomic E-state index is 13.9. The summed E-state index contributed by atoms with van der Waals surface area (Å²) >= 11 is 4.97. The fraction of sp³-hybridized carbons (Fsp3) is 0.0588. The third-order valence-electron chi connectivity index (χ3n) is 3.20. The second kappa shape index (κ2) is 6.41. The lowest BCUT2D eigenvalue weighted by molar-refractivity contribution is 0.612. The molecule has 0 spiro atoms. The van der Waals surface area contributed by atoms with Gasteiger partial charge in [-0.3, -0.25) is 0 Å². The summed E-state index contributed by atoms with van der Waals surface area (Å²) in [7, 11) is 0. The Morgan fingerprint density at radius 1 is 1.05 bits per heavy atom. The molecule has 0 aliphatic rings. The van der Waals surface area contributed by atoms with Crippen LogP contribution in [-0.4, -0.2) is 0 Å². The Kier molecular flexibility index (Phi) is 4.36. The minimum atomic E-state index is -0.203. The third-order valence-corrected chi connectivity index (χ3v) is 4.59. The molecule has 4 heteroatoms. The SMILES string of the molecule is Fc1cc(Br)ccc1CNc1ccccc1-c1cccs1. The first kappa shape index (κ1) is 14.3. The fourth-order valence-electron chi connectivity index (χ4n) is 2.14. The van der Waals surface area contributed by atoms with Crippen LogP contribution in [0.25, 0.3) is 10.4 Å². The van der Waals surface area contributed by atoms with E-state index in [2.05, 4.69) is 38.8 Å². The summed E-state index contributed by atoms with van der Waals surface area (Å²) in [5, 5.41) is 5.39. The van der Waals surface area contributed by atoms with Crippen LogP contribution in [0.15, 0.2) is 64.5 Å². The number of anilines is 1. The molecule has 0 saturated carbocycles. The minimum Gasteiger partial charge on any atom is -0.380 e. The molecule has 1 aromatic heterocycles. The van der Waals surface area contributed by atoms with Crippen molar-refractivity contribution in [3.63, 3.8) is 0 Å².